The van der Waals surface area contributed by atoms with Crippen LogP contribution in [0.1, 0.15) is 33.6 Å². The fourth-order valence-corrected chi connectivity index (χ4v) is 2.45. The van der Waals surface area contributed by atoms with Gasteiger partial charge in [-0.05, 0) is 39.7 Å². The Morgan fingerprint density at radius 2 is 2.22 bits per heavy atom. The molecule has 0 unspecified atom stereocenters. The molecule has 0 aliphatic carbocycles. The number of nitro groups is 1. The third-order valence-corrected chi connectivity index (χ3v) is 3.41. The number of rotatable bonds is 3. The van der Waals surface area contributed by atoms with E-state index in [0.29, 0.717) is 12.4 Å². The van der Waals surface area contributed by atoms with Crippen molar-refractivity contribution in [1.82, 2.24) is 10.3 Å². The van der Waals surface area contributed by atoms with Crippen LogP contribution in [0.3, 0.4) is 0 Å². The Kier molecular flexibility index (Phi) is 5.02. The number of nitrogens with zero attached hydrogens (tertiary/aromatic N) is 3. The van der Waals surface area contributed by atoms with E-state index in [-0.39, 0.29) is 11.7 Å². The molecule has 1 saturated heterocycles. The van der Waals surface area contributed by atoms with Crippen molar-refractivity contribution in [2.24, 2.45) is 0 Å². The number of pyridine rings is 1. The monoisotopic (exact) mass is 322 g/mol. The Balaban J connectivity index is 1.95. The van der Waals surface area contributed by atoms with Crippen LogP contribution >= 0.6 is 0 Å². The van der Waals surface area contributed by atoms with Crippen molar-refractivity contribution in [2.45, 2.75) is 45.3 Å². The summed E-state index contributed by atoms with van der Waals surface area (Å²) in [7, 11) is 0. The topological polar surface area (TPSA) is 97.6 Å². The molecule has 1 aromatic rings. The average molecular weight is 322 g/mol. The third-order valence-electron chi connectivity index (χ3n) is 3.41. The number of aromatic nitrogens is 1. The highest BCUT2D eigenvalue weighted by atomic mass is 16.6. The van der Waals surface area contributed by atoms with E-state index in [2.05, 4.69) is 10.3 Å². The molecule has 2 rings (SSSR count). The van der Waals surface area contributed by atoms with Crippen LogP contribution in [0.2, 0.25) is 0 Å². The van der Waals surface area contributed by atoms with Crippen molar-refractivity contribution in [3.8, 4) is 0 Å². The zero-order valence-corrected chi connectivity index (χ0v) is 13.6. The van der Waals surface area contributed by atoms with E-state index < -0.39 is 16.6 Å². The molecule has 1 amide bonds. The number of carbonyl (C=O) groups is 1. The molecule has 1 fully saturated rings. The van der Waals surface area contributed by atoms with Crippen molar-refractivity contribution < 1.29 is 14.5 Å². The number of piperidine rings is 1. The van der Waals surface area contributed by atoms with Gasteiger partial charge in [0.05, 0.1) is 4.92 Å². The number of ether oxygens (including phenoxy) is 1. The number of amides is 1. The summed E-state index contributed by atoms with van der Waals surface area (Å²) in [5, 5.41) is 13.5. The lowest BCUT2D eigenvalue weighted by atomic mass is 10.1. The number of nitrogens with one attached hydrogen (secondary N) is 1. The highest BCUT2D eigenvalue weighted by Gasteiger charge is 2.25. The van der Waals surface area contributed by atoms with Gasteiger partial charge in [0.1, 0.15) is 17.6 Å². The fraction of sp³-hybridized carbons (Fsp3) is 0.600. The van der Waals surface area contributed by atoms with Gasteiger partial charge < -0.3 is 15.0 Å². The Morgan fingerprint density at radius 1 is 1.48 bits per heavy atom. The van der Waals surface area contributed by atoms with E-state index in [1.54, 1.807) is 6.07 Å². The molecule has 0 radical (unpaired) electrons. The van der Waals surface area contributed by atoms with Gasteiger partial charge in [0.25, 0.3) is 5.69 Å². The Hall–Kier alpha value is -2.38. The molecule has 1 aliphatic rings. The van der Waals surface area contributed by atoms with E-state index in [0.717, 1.165) is 19.4 Å². The Bertz CT molecular complexity index is 568. The molecule has 0 saturated carbocycles. The quantitative estimate of drug-likeness (QED) is 0.678. The number of alkyl carbamates (subject to hydrolysis) is 1. The van der Waals surface area contributed by atoms with Crippen LogP contribution in [0.15, 0.2) is 18.3 Å². The lowest BCUT2D eigenvalue weighted by molar-refractivity contribution is -0.385. The van der Waals surface area contributed by atoms with Crippen LogP contribution in [0, 0.1) is 10.1 Å². The highest BCUT2D eigenvalue weighted by molar-refractivity contribution is 5.68. The summed E-state index contributed by atoms with van der Waals surface area (Å²) in [4.78, 5) is 28.2. The molecule has 2 heterocycles. The van der Waals surface area contributed by atoms with Gasteiger partial charge in [-0.2, -0.15) is 0 Å². The smallest absolute Gasteiger partial charge is 0.407 e. The minimum Gasteiger partial charge on any atom is -0.444 e. The molecule has 0 aromatic carbocycles. The molecule has 0 bridgehead atoms. The highest BCUT2D eigenvalue weighted by Crippen LogP contribution is 2.20. The first-order chi connectivity index (χ1) is 10.7. The van der Waals surface area contributed by atoms with Gasteiger partial charge in [0, 0.05) is 25.2 Å². The van der Waals surface area contributed by atoms with Crippen molar-refractivity contribution in [3.63, 3.8) is 0 Å². The number of anilines is 1. The number of carbonyl (C=O) groups excluding carboxylic acids is 1. The standard InChI is InChI=1S/C15H22N4O4/c1-15(2,3)23-14(20)17-11-5-4-8-18(10-11)13-7-6-12(9-16-13)19(21)22/h6-7,9,11H,4-5,8,10H2,1-3H3,(H,17,20)/t11-/m1/s1. The van der Waals surface area contributed by atoms with Crippen LogP contribution in [-0.4, -0.2) is 40.7 Å². The third kappa shape index (κ3) is 5.08. The van der Waals surface area contributed by atoms with Crippen LogP contribution in [-0.2, 0) is 4.74 Å². The summed E-state index contributed by atoms with van der Waals surface area (Å²) in [5.41, 5.74) is -0.563. The Morgan fingerprint density at radius 3 is 2.78 bits per heavy atom. The van der Waals surface area contributed by atoms with Gasteiger partial charge in [-0.25, -0.2) is 9.78 Å². The lowest BCUT2D eigenvalue weighted by Gasteiger charge is -2.34. The molecule has 8 heteroatoms. The summed E-state index contributed by atoms with van der Waals surface area (Å²) in [6.45, 7) is 6.86. The van der Waals surface area contributed by atoms with E-state index in [4.69, 9.17) is 4.74 Å². The lowest BCUT2D eigenvalue weighted by Crippen LogP contribution is -2.49. The fourth-order valence-electron chi connectivity index (χ4n) is 2.45. The Labute approximate surface area is 135 Å². The van der Waals surface area contributed by atoms with Crippen molar-refractivity contribution in [2.75, 3.05) is 18.0 Å². The van der Waals surface area contributed by atoms with Crippen molar-refractivity contribution in [3.05, 3.63) is 28.4 Å². The molecule has 1 aromatic heterocycles. The van der Waals surface area contributed by atoms with E-state index in [1.165, 1.54) is 12.3 Å². The normalized spacial score (nSPS) is 18.4. The SMILES string of the molecule is CC(C)(C)OC(=O)N[C@@H]1CCCN(c2ccc([N+](=O)[O-])cn2)C1. The van der Waals surface area contributed by atoms with Crippen molar-refractivity contribution in [1.29, 1.82) is 0 Å². The van der Waals surface area contributed by atoms with E-state index in [1.807, 2.05) is 25.7 Å². The summed E-state index contributed by atoms with van der Waals surface area (Å²) >= 11 is 0. The molecule has 126 valence electrons. The summed E-state index contributed by atoms with van der Waals surface area (Å²) in [6.07, 6.45) is 2.59. The maximum atomic E-state index is 11.8. The molecule has 23 heavy (non-hydrogen) atoms. The zero-order chi connectivity index (χ0) is 17.0. The molecule has 1 aliphatic heterocycles. The molecule has 1 N–H and O–H groups in total. The van der Waals surface area contributed by atoms with Crippen molar-refractivity contribution >= 4 is 17.6 Å². The molecular weight excluding hydrogens is 300 g/mol. The molecule has 0 spiro atoms. The summed E-state index contributed by atoms with van der Waals surface area (Å²) in [6, 6.07) is 3.04. The van der Waals surface area contributed by atoms with Crippen LogP contribution in [0.5, 0.6) is 0 Å². The number of hydrogen-bond acceptors (Lipinski definition) is 6. The first-order valence-electron chi connectivity index (χ1n) is 7.59. The van der Waals surface area contributed by atoms with Gasteiger partial charge in [0.2, 0.25) is 0 Å². The minimum atomic E-state index is -0.529. The maximum Gasteiger partial charge on any atom is 0.407 e. The van der Waals surface area contributed by atoms with E-state index >= 15 is 0 Å². The van der Waals surface area contributed by atoms with E-state index in [9.17, 15) is 14.9 Å². The maximum absolute atomic E-state index is 11.8. The van der Waals surface area contributed by atoms with Gasteiger partial charge in [-0.15, -0.1) is 0 Å². The van der Waals surface area contributed by atoms with Gasteiger partial charge in [-0.3, -0.25) is 10.1 Å². The van der Waals surface area contributed by atoms with Gasteiger partial charge in [0.15, 0.2) is 0 Å². The minimum absolute atomic E-state index is 0.0319. The predicted molar refractivity (Wildman–Crippen MR) is 85.5 cm³/mol. The predicted octanol–water partition coefficient (Wildman–Crippen LogP) is 2.48. The van der Waals surface area contributed by atoms with Gasteiger partial charge >= 0.3 is 6.09 Å². The largest absolute Gasteiger partial charge is 0.444 e. The van der Waals surface area contributed by atoms with Crippen LogP contribution in [0.25, 0.3) is 0 Å². The number of hydrogen-bond donors (Lipinski definition) is 1. The summed E-state index contributed by atoms with van der Waals surface area (Å²) in [5.74, 6) is 0.672. The molecule has 8 nitrogen and oxygen atoms in total. The first kappa shape index (κ1) is 17.0. The van der Waals surface area contributed by atoms with Crippen LogP contribution in [0.4, 0.5) is 16.3 Å². The second kappa shape index (κ2) is 6.80. The summed E-state index contributed by atoms with van der Waals surface area (Å²) < 4.78 is 5.26. The van der Waals surface area contributed by atoms with Crippen LogP contribution < -0.4 is 10.2 Å². The molecule has 1 atom stereocenters. The first-order valence-corrected chi connectivity index (χ1v) is 7.59. The molecular formula is C15H22N4O4. The zero-order valence-electron chi connectivity index (χ0n) is 13.6. The second-order valence-corrected chi connectivity index (χ2v) is 6.56. The second-order valence-electron chi connectivity index (χ2n) is 6.56. The average Bonchev–Trinajstić information content (AvgIpc) is 2.45. The van der Waals surface area contributed by atoms with Gasteiger partial charge in [-0.1, -0.05) is 0 Å².